The van der Waals surface area contributed by atoms with E-state index in [9.17, 15) is 14.0 Å². The minimum atomic E-state index is -0.743. The molecule has 0 fully saturated rings. The van der Waals surface area contributed by atoms with E-state index in [1.807, 2.05) is 6.07 Å². The van der Waals surface area contributed by atoms with Gasteiger partial charge in [-0.15, -0.1) is 0 Å². The van der Waals surface area contributed by atoms with Crippen LogP contribution >= 0.6 is 0 Å². The zero-order valence-electron chi connectivity index (χ0n) is 10.5. The number of nitrogens with one attached hydrogen (secondary N) is 1. The standard InChI is InChI=1S/C15H12FNO3/c16-12-6-4-5-11(9-12)15(19)20-10-14(18)17-13-7-2-1-3-8-13/h1-9H,10H2,(H,17,18). The van der Waals surface area contributed by atoms with Crippen molar-refractivity contribution in [2.24, 2.45) is 0 Å². The van der Waals surface area contributed by atoms with E-state index < -0.39 is 24.3 Å². The Labute approximate surface area is 115 Å². The molecular weight excluding hydrogens is 261 g/mol. The molecule has 0 radical (unpaired) electrons. The fourth-order valence-corrected chi connectivity index (χ4v) is 1.55. The van der Waals surface area contributed by atoms with E-state index in [-0.39, 0.29) is 5.56 Å². The molecule has 4 nitrogen and oxygen atoms in total. The lowest BCUT2D eigenvalue weighted by Gasteiger charge is -2.06. The number of ether oxygens (including phenoxy) is 1. The molecule has 0 aliphatic heterocycles. The molecule has 1 N–H and O–H groups in total. The van der Waals surface area contributed by atoms with E-state index >= 15 is 0 Å². The molecule has 0 bridgehead atoms. The molecule has 0 saturated carbocycles. The van der Waals surface area contributed by atoms with E-state index in [1.54, 1.807) is 24.3 Å². The number of carbonyl (C=O) groups is 2. The Kier molecular flexibility index (Phi) is 4.44. The molecule has 0 aliphatic rings. The van der Waals surface area contributed by atoms with Crippen molar-refractivity contribution in [3.8, 4) is 0 Å². The maximum absolute atomic E-state index is 12.9. The van der Waals surface area contributed by atoms with Crippen molar-refractivity contribution in [3.63, 3.8) is 0 Å². The highest BCUT2D eigenvalue weighted by Gasteiger charge is 2.10. The quantitative estimate of drug-likeness (QED) is 0.871. The van der Waals surface area contributed by atoms with Gasteiger partial charge in [-0.3, -0.25) is 4.79 Å². The van der Waals surface area contributed by atoms with E-state index in [0.29, 0.717) is 5.69 Å². The van der Waals surface area contributed by atoms with Crippen molar-refractivity contribution in [1.82, 2.24) is 0 Å². The van der Waals surface area contributed by atoms with Crippen LogP contribution in [0.5, 0.6) is 0 Å². The van der Waals surface area contributed by atoms with Crippen LogP contribution in [0.3, 0.4) is 0 Å². The molecule has 0 aliphatic carbocycles. The second kappa shape index (κ2) is 6.47. The summed E-state index contributed by atoms with van der Waals surface area (Å²) in [5.74, 6) is -1.73. The second-order valence-corrected chi connectivity index (χ2v) is 4.00. The molecule has 0 heterocycles. The van der Waals surface area contributed by atoms with Crippen LogP contribution in [0.25, 0.3) is 0 Å². The Morgan fingerprint density at radius 3 is 2.50 bits per heavy atom. The van der Waals surface area contributed by atoms with E-state index in [0.717, 1.165) is 6.07 Å². The summed E-state index contributed by atoms with van der Waals surface area (Å²) in [6, 6.07) is 13.9. The average molecular weight is 273 g/mol. The smallest absolute Gasteiger partial charge is 0.338 e. The lowest BCUT2D eigenvalue weighted by molar-refractivity contribution is -0.119. The lowest BCUT2D eigenvalue weighted by atomic mass is 10.2. The number of hydrogen-bond acceptors (Lipinski definition) is 3. The van der Waals surface area contributed by atoms with Gasteiger partial charge in [0.05, 0.1) is 5.56 Å². The number of amides is 1. The van der Waals surface area contributed by atoms with E-state index in [2.05, 4.69) is 5.32 Å². The Balaban J connectivity index is 1.86. The van der Waals surface area contributed by atoms with Gasteiger partial charge in [0.1, 0.15) is 5.82 Å². The number of halogens is 1. The van der Waals surface area contributed by atoms with Gasteiger partial charge in [-0.25, -0.2) is 9.18 Å². The van der Waals surface area contributed by atoms with Gasteiger partial charge in [0, 0.05) is 5.69 Å². The normalized spacial score (nSPS) is 9.85. The predicted octanol–water partition coefficient (Wildman–Crippen LogP) is 2.62. The van der Waals surface area contributed by atoms with Crippen molar-refractivity contribution in [2.45, 2.75) is 0 Å². The Bertz CT molecular complexity index is 614. The SMILES string of the molecule is O=C(COC(=O)c1cccc(F)c1)Nc1ccccc1. The first-order valence-corrected chi connectivity index (χ1v) is 5.93. The summed E-state index contributed by atoms with van der Waals surface area (Å²) in [4.78, 5) is 23.1. The highest BCUT2D eigenvalue weighted by molar-refractivity contribution is 5.95. The van der Waals surface area contributed by atoms with E-state index in [1.165, 1.54) is 18.2 Å². The molecule has 0 saturated heterocycles. The fourth-order valence-electron chi connectivity index (χ4n) is 1.55. The summed E-state index contributed by atoms with van der Waals surface area (Å²) in [6.07, 6.45) is 0. The van der Waals surface area contributed by atoms with Crippen LogP contribution in [0.2, 0.25) is 0 Å². The number of carbonyl (C=O) groups excluding carboxylic acids is 2. The molecule has 0 aromatic heterocycles. The highest BCUT2D eigenvalue weighted by atomic mass is 19.1. The molecule has 0 unspecified atom stereocenters. The van der Waals surface area contributed by atoms with Gasteiger partial charge in [-0.2, -0.15) is 0 Å². The number of para-hydroxylation sites is 1. The van der Waals surface area contributed by atoms with Gasteiger partial charge in [-0.1, -0.05) is 24.3 Å². The van der Waals surface area contributed by atoms with Gasteiger partial charge in [0.2, 0.25) is 0 Å². The third-order valence-corrected chi connectivity index (χ3v) is 2.45. The van der Waals surface area contributed by atoms with Crippen molar-refractivity contribution < 1.29 is 18.7 Å². The minimum Gasteiger partial charge on any atom is -0.452 e. The Morgan fingerprint density at radius 2 is 1.80 bits per heavy atom. The number of anilines is 1. The summed E-state index contributed by atoms with van der Waals surface area (Å²) in [5, 5.41) is 2.57. The predicted molar refractivity (Wildman–Crippen MR) is 71.8 cm³/mol. The number of benzene rings is 2. The van der Waals surface area contributed by atoms with Gasteiger partial charge < -0.3 is 10.1 Å². The molecule has 5 heteroatoms. The van der Waals surface area contributed by atoms with Crippen molar-refractivity contribution in [1.29, 1.82) is 0 Å². The summed E-state index contributed by atoms with van der Waals surface area (Å²) < 4.78 is 17.7. The molecule has 2 rings (SSSR count). The fraction of sp³-hybridized carbons (Fsp3) is 0.0667. The zero-order chi connectivity index (χ0) is 14.4. The summed E-state index contributed by atoms with van der Waals surface area (Å²) in [5.41, 5.74) is 0.678. The third kappa shape index (κ3) is 3.91. The summed E-state index contributed by atoms with van der Waals surface area (Å²) in [6.45, 7) is -0.426. The zero-order valence-corrected chi connectivity index (χ0v) is 10.5. The number of rotatable bonds is 4. The highest BCUT2D eigenvalue weighted by Crippen LogP contribution is 2.07. The maximum atomic E-state index is 12.9. The minimum absolute atomic E-state index is 0.0671. The first kappa shape index (κ1) is 13.7. The number of esters is 1. The largest absolute Gasteiger partial charge is 0.452 e. The molecule has 2 aromatic rings. The molecule has 2 aromatic carbocycles. The Hall–Kier alpha value is -2.69. The second-order valence-electron chi connectivity index (χ2n) is 4.00. The van der Waals surface area contributed by atoms with Crippen LogP contribution in [0.15, 0.2) is 54.6 Å². The Morgan fingerprint density at radius 1 is 1.05 bits per heavy atom. The molecule has 20 heavy (non-hydrogen) atoms. The molecule has 102 valence electrons. The maximum Gasteiger partial charge on any atom is 0.338 e. The van der Waals surface area contributed by atoms with Crippen molar-refractivity contribution in [2.75, 3.05) is 11.9 Å². The van der Waals surface area contributed by atoms with Crippen LogP contribution in [0.1, 0.15) is 10.4 Å². The van der Waals surface area contributed by atoms with Crippen molar-refractivity contribution >= 4 is 17.6 Å². The first-order valence-electron chi connectivity index (χ1n) is 5.93. The van der Waals surface area contributed by atoms with Crippen molar-refractivity contribution in [3.05, 3.63) is 66.0 Å². The van der Waals surface area contributed by atoms with Gasteiger partial charge >= 0.3 is 5.97 Å². The van der Waals surface area contributed by atoms with Crippen LogP contribution in [0.4, 0.5) is 10.1 Å². The topological polar surface area (TPSA) is 55.4 Å². The van der Waals surface area contributed by atoms with Crippen LogP contribution in [-0.2, 0) is 9.53 Å². The van der Waals surface area contributed by atoms with E-state index in [4.69, 9.17) is 4.74 Å². The summed E-state index contributed by atoms with van der Waals surface area (Å²) >= 11 is 0. The number of hydrogen-bond donors (Lipinski definition) is 1. The first-order chi connectivity index (χ1) is 9.65. The monoisotopic (exact) mass is 273 g/mol. The van der Waals surface area contributed by atoms with Gasteiger partial charge in [0.25, 0.3) is 5.91 Å². The lowest BCUT2D eigenvalue weighted by Crippen LogP contribution is -2.20. The molecular formula is C15H12FNO3. The van der Waals surface area contributed by atoms with Gasteiger partial charge in [0.15, 0.2) is 6.61 Å². The van der Waals surface area contributed by atoms with Gasteiger partial charge in [-0.05, 0) is 30.3 Å². The molecule has 0 atom stereocenters. The third-order valence-electron chi connectivity index (χ3n) is 2.45. The van der Waals surface area contributed by atoms with Crippen LogP contribution in [0, 0.1) is 5.82 Å². The van der Waals surface area contributed by atoms with Crippen LogP contribution in [-0.4, -0.2) is 18.5 Å². The molecule has 1 amide bonds. The average Bonchev–Trinajstić information content (AvgIpc) is 2.46. The molecule has 0 spiro atoms. The summed E-state index contributed by atoms with van der Waals surface area (Å²) in [7, 11) is 0. The van der Waals surface area contributed by atoms with Crippen LogP contribution < -0.4 is 5.32 Å².